The van der Waals surface area contributed by atoms with Gasteiger partial charge in [0.05, 0.1) is 7.11 Å². The molecule has 0 fully saturated rings. The summed E-state index contributed by atoms with van der Waals surface area (Å²) < 4.78 is 5.95. The van der Waals surface area contributed by atoms with Crippen LogP contribution in [0.3, 0.4) is 0 Å². The number of ether oxygens (including phenoxy) is 1. The Morgan fingerprint density at radius 1 is 1.50 bits per heavy atom. The van der Waals surface area contributed by atoms with Crippen molar-refractivity contribution in [2.24, 2.45) is 0 Å². The van der Waals surface area contributed by atoms with E-state index in [-0.39, 0.29) is 5.75 Å². The topological polar surface area (TPSA) is 46.5 Å². The van der Waals surface area contributed by atoms with Crippen LogP contribution >= 0.6 is 11.3 Å². The molecule has 1 heterocycles. The van der Waals surface area contributed by atoms with E-state index in [1.165, 1.54) is 24.5 Å². The molecule has 1 aromatic heterocycles. The fourth-order valence-electron chi connectivity index (χ4n) is 1.39. The first kappa shape index (κ1) is 9.02. The Bertz CT molecular complexity index is 487. The molecule has 0 amide bonds. The molecule has 72 valence electrons. The lowest BCUT2D eigenvalue weighted by atomic mass is 10.1. The fraction of sp³-hybridized carbons (Fsp3) is 0.100. The van der Waals surface area contributed by atoms with Gasteiger partial charge < -0.3 is 9.84 Å². The van der Waals surface area contributed by atoms with E-state index in [9.17, 15) is 9.90 Å². The largest absolute Gasteiger partial charge is 0.508 e. The molecular weight excluding hydrogens is 200 g/mol. The summed E-state index contributed by atoms with van der Waals surface area (Å²) in [4.78, 5) is 10.7. The molecule has 0 spiro atoms. The number of rotatable bonds is 2. The summed E-state index contributed by atoms with van der Waals surface area (Å²) in [6, 6.07) is 3.12. The standard InChI is InChI=1S/C10H8O3S/c1-13-8-2-7(12)3-9-10(8)6(4-11)5-14-9/h2-5,12H,1H3. The van der Waals surface area contributed by atoms with Crippen LogP contribution in [0.25, 0.3) is 10.1 Å². The van der Waals surface area contributed by atoms with Crippen molar-refractivity contribution in [3.05, 3.63) is 23.1 Å². The van der Waals surface area contributed by atoms with E-state index in [1.54, 1.807) is 11.4 Å². The van der Waals surface area contributed by atoms with Gasteiger partial charge in [0.1, 0.15) is 11.5 Å². The molecule has 0 bridgehead atoms. The number of aromatic hydroxyl groups is 1. The summed E-state index contributed by atoms with van der Waals surface area (Å²) in [5.74, 6) is 0.678. The monoisotopic (exact) mass is 208 g/mol. The minimum absolute atomic E-state index is 0.147. The average Bonchev–Trinajstić information content (AvgIpc) is 2.59. The number of thiophene rings is 1. The molecule has 4 heteroatoms. The van der Waals surface area contributed by atoms with E-state index in [1.807, 2.05) is 0 Å². The van der Waals surface area contributed by atoms with Gasteiger partial charge in [-0.3, -0.25) is 4.79 Å². The van der Waals surface area contributed by atoms with Gasteiger partial charge in [-0.1, -0.05) is 0 Å². The molecule has 0 unspecified atom stereocenters. The van der Waals surface area contributed by atoms with Crippen LogP contribution in [0.5, 0.6) is 11.5 Å². The summed E-state index contributed by atoms with van der Waals surface area (Å²) in [7, 11) is 1.51. The number of benzene rings is 1. The zero-order valence-electron chi connectivity index (χ0n) is 7.48. The number of aldehydes is 1. The van der Waals surface area contributed by atoms with Gasteiger partial charge >= 0.3 is 0 Å². The maximum Gasteiger partial charge on any atom is 0.151 e. The SMILES string of the molecule is COc1cc(O)cc2scc(C=O)c12. The second kappa shape index (κ2) is 3.31. The maximum atomic E-state index is 10.7. The molecule has 0 atom stereocenters. The molecule has 3 nitrogen and oxygen atoms in total. The number of methoxy groups -OCH3 is 1. The Hall–Kier alpha value is -1.55. The molecule has 1 N–H and O–H groups in total. The van der Waals surface area contributed by atoms with Gasteiger partial charge in [0.2, 0.25) is 0 Å². The molecule has 0 aliphatic rings. The van der Waals surface area contributed by atoms with Gasteiger partial charge in [-0.05, 0) is 6.07 Å². The van der Waals surface area contributed by atoms with E-state index in [0.717, 1.165) is 16.4 Å². The van der Waals surface area contributed by atoms with Gasteiger partial charge in [0.25, 0.3) is 0 Å². The fourth-order valence-corrected chi connectivity index (χ4v) is 2.34. The van der Waals surface area contributed by atoms with Crippen LogP contribution in [-0.2, 0) is 0 Å². The Morgan fingerprint density at radius 3 is 2.93 bits per heavy atom. The highest BCUT2D eigenvalue weighted by molar-refractivity contribution is 7.17. The van der Waals surface area contributed by atoms with Crippen LogP contribution in [0.1, 0.15) is 10.4 Å². The zero-order valence-corrected chi connectivity index (χ0v) is 8.30. The van der Waals surface area contributed by atoms with Crippen molar-refractivity contribution in [3.63, 3.8) is 0 Å². The van der Waals surface area contributed by atoms with Crippen LogP contribution in [-0.4, -0.2) is 18.5 Å². The number of carbonyl (C=O) groups excluding carboxylic acids is 1. The third kappa shape index (κ3) is 1.24. The summed E-state index contributed by atoms with van der Waals surface area (Å²) in [5.41, 5.74) is 0.599. The lowest BCUT2D eigenvalue weighted by Gasteiger charge is -2.03. The predicted molar refractivity (Wildman–Crippen MR) is 55.4 cm³/mol. The second-order valence-corrected chi connectivity index (χ2v) is 3.74. The van der Waals surface area contributed by atoms with Gasteiger partial charge in [0, 0.05) is 27.1 Å². The van der Waals surface area contributed by atoms with Crippen LogP contribution in [0, 0.1) is 0 Å². The van der Waals surface area contributed by atoms with Crippen LogP contribution in [0.15, 0.2) is 17.5 Å². The Labute approximate surface area is 84.6 Å². The van der Waals surface area contributed by atoms with Crippen molar-refractivity contribution in [3.8, 4) is 11.5 Å². The van der Waals surface area contributed by atoms with Crippen LogP contribution < -0.4 is 4.74 Å². The van der Waals surface area contributed by atoms with Crippen molar-refractivity contribution < 1.29 is 14.6 Å². The number of hydrogen-bond donors (Lipinski definition) is 1. The van der Waals surface area contributed by atoms with Gasteiger partial charge in [-0.2, -0.15) is 0 Å². The predicted octanol–water partition coefficient (Wildman–Crippen LogP) is 2.43. The van der Waals surface area contributed by atoms with Crippen molar-refractivity contribution in [2.75, 3.05) is 7.11 Å². The number of fused-ring (bicyclic) bond motifs is 1. The minimum Gasteiger partial charge on any atom is -0.508 e. The quantitative estimate of drug-likeness (QED) is 0.771. The highest BCUT2D eigenvalue weighted by atomic mass is 32.1. The molecule has 0 radical (unpaired) electrons. The zero-order chi connectivity index (χ0) is 10.1. The number of carbonyl (C=O) groups is 1. The summed E-state index contributed by atoms with van der Waals surface area (Å²) in [6.45, 7) is 0. The lowest BCUT2D eigenvalue weighted by Crippen LogP contribution is -1.85. The van der Waals surface area contributed by atoms with Crippen molar-refractivity contribution in [1.29, 1.82) is 0 Å². The molecule has 14 heavy (non-hydrogen) atoms. The summed E-state index contributed by atoms with van der Waals surface area (Å²) in [5, 5.41) is 11.9. The van der Waals surface area contributed by atoms with E-state index in [2.05, 4.69) is 0 Å². The van der Waals surface area contributed by atoms with Crippen LogP contribution in [0.2, 0.25) is 0 Å². The van der Waals surface area contributed by atoms with E-state index >= 15 is 0 Å². The second-order valence-electron chi connectivity index (χ2n) is 2.83. The van der Waals surface area contributed by atoms with Crippen molar-refractivity contribution >= 4 is 27.7 Å². The number of phenolic OH excluding ortho intramolecular Hbond substituents is 1. The molecule has 0 aliphatic carbocycles. The van der Waals surface area contributed by atoms with E-state index < -0.39 is 0 Å². The van der Waals surface area contributed by atoms with E-state index in [4.69, 9.17) is 4.74 Å². The molecule has 2 aromatic rings. The summed E-state index contributed by atoms with van der Waals surface area (Å²) >= 11 is 1.41. The normalized spacial score (nSPS) is 10.4. The molecule has 0 aliphatic heterocycles. The summed E-state index contributed by atoms with van der Waals surface area (Å²) in [6.07, 6.45) is 0.790. The number of phenols is 1. The first-order chi connectivity index (χ1) is 6.76. The van der Waals surface area contributed by atoms with Crippen molar-refractivity contribution in [2.45, 2.75) is 0 Å². The molecule has 2 rings (SSSR count). The smallest absolute Gasteiger partial charge is 0.151 e. The van der Waals surface area contributed by atoms with Gasteiger partial charge in [-0.25, -0.2) is 0 Å². The molecule has 0 saturated carbocycles. The minimum atomic E-state index is 0.147. The average molecular weight is 208 g/mol. The first-order valence-corrected chi connectivity index (χ1v) is 4.87. The molecule has 1 aromatic carbocycles. The highest BCUT2D eigenvalue weighted by Crippen LogP contribution is 2.36. The third-order valence-corrected chi connectivity index (χ3v) is 2.95. The molecule has 0 saturated heterocycles. The first-order valence-electron chi connectivity index (χ1n) is 3.99. The maximum absolute atomic E-state index is 10.7. The number of hydrogen-bond acceptors (Lipinski definition) is 4. The lowest BCUT2D eigenvalue weighted by molar-refractivity contribution is 0.112. The molecular formula is C10H8O3S. The van der Waals surface area contributed by atoms with Gasteiger partial charge in [-0.15, -0.1) is 11.3 Å². The van der Waals surface area contributed by atoms with Crippen LogP contribution in [0.4, 0.5) is 0 Å². The van der Waals surface area contributed by atoms with E-state index in [0.29, 0.717) is 11.3 Å². The highest BCUT2D eigenvalue weighted by Gasteiger charge is 2.10. The van der Waals surface area contributed by atoms with Gasteiger partial charge in [0.15, 0.2) is 6.29 Å². The Kier molecular flexibility index (Phi) is 2.13. The third-order valence-electron chi connectivity index (χ3n) is 2.00. The van der Waals surface area contributed by atoms with Crippen molar-refractivity contribution in [1.82, 2.24) is 0 Å². The Balaban J connectivity index is 2.85. The Morgan fingerprint density at radius 2 is 2.29 bits per heavy atom.